The van der Waals surface area contributed by atoms with Gasteiger partial charge in [-0.3, -0.25) is 4.79 Å². The van der Waals surface area contributed by atoms with Crippen LogP contribution in [0.15, 0.2) is 48.8 Å². The Kier molecular flexibility index (Phi) is 7.57. The van der Waals surface area contributed by atoms with Gasteiger partial charge in [0.05, 0.1) is 18.3 Å². The number of aromatic nitrogens is 3. The number of rotatable bonds is 4. The summed E-state index contributed by atoms with van der Waals surface area (Å²) in [6.45, 7) is 0.661. The molecule has 2 aliphatic carbocycles. The summed E-state index contributed by atoms with van der Waals surface area (Å²) >= 11 is 0. The van der Waals surface area contributed by atoms with Crippen molar-refractivity contribution in [1.82, 2.24) is 20.1 Å². The standard InChI is InChI=1S/C23H27N5O.2ClH/c24-20-10-16-7-4-8-17(11-20)21(16)27-23(29)19-9-18-13-26-28(22(18)25-12-19)14-15-5-2-1-3-6-15;;/h1-3,5-6,9,12-13,16-17,20-21H,4,7-8,10-11,14,24H2,(H,27,29);2*1H. The minimum atomic E-state index is -0.0346. The van der Waals surface area contributed by atoms with Gasteiger partial charge in [0.2, 0.25) is 0 Å². The van der Waals surface area contributed by atoms with Crippen molar-refractivity contribution < 1.29 is 4.79 Å². The Balaban J connectivity index is 0.00000136. The van der Waals surface area contributed by atoms with Gasteiger partial charge >= 0.3 is 0 Å². The van der Waals surface area contributed by atoms with Crippen molar-refractivity contribution in [2.75, 3.05) is 0 Å². The summed E-state index contributed by atoms with van der Waals surface area (Å²) in [5, 5.41) is 8.67. The highest BCUT2D eigenvalue weighted by molar-refractivity contribution is 5.97. The largest absolute Gasteiger partial charge is 0.349 e. The Bertz CT molecular complexity index is 1010. The van der Waals surface area contributed by atoms with Crippen LogP contribution in [0.25, 0.3) is 11.0 Å². The molecule has 2 atom stereocenters. The summed E-state index contributed by atoms with van der Waals surface area (Å²) in [5.74, 6) is 0.978. The Morgan fingerprint density at radius 2 is 1.81 bits per heavy atom. The number of halogens is 2. The van der Waals surface area contributed by atoms with Gasteiger partial charge in [-0.15, -0.1) is 24.8 Å². The maximum atomic E-state index is 13.0. The molecule has 2 bridgehead atoms. The van der Waals surface area contributed by atoms with Crippen molar-refractivity contribution >= 4 is 41.8 Å². The van der Waals surface area contributed by atoms with Crippen LogP contribution in [0.4, 0.5) is 0 Å². The minimum absolute atomic E-state index is 0. The van der Waals surface area contributed by atoms with Crippen molar-refractivity contribution in [1.29, 1.82) is 0 Å². The molecule has 2 fully saturated rings. The Morgan fingerprint density at radius 1 is 1.10 bits per heavy atom. The van der Waals surface area contributed by atoms with Crippen LogP contribution in [0.5, 0.6) is 0 Å². The van der Waals surface area contributed by atoms with E-state index in [1.807, 2.05) is 28.9 Å². The van der Waals surface area contributed by atoms with Gasteiger partial charge in [-0.1, -0.05) is 36.8 Å². The Morgan fingerprint density at radius 3 is 2.52 bits per heavy atom. The first-order valence-electron chi connectivity index (χ1n) is 10.6. The van der Waals surface area contributed by atoms with E-state index < -0.39 is 0 Å². The molecule has 0 radical (unpaired) electrons. The van der Waals surface area contributed by atoms with Crippen molar-refractivity contribution in [2.24, 2.45) is 17.6 Å². The lowest BCUT2D eigenvalue weighted by atomic mass is 9.67. The summed E-state index contributed by atoms with van der Waals surface area (Å²) in [6, 6.07) is 12.6. The quantitative estimate of drug-likeness (QED) is 0.615. The van der Waals surface area contributed by atoms with E-state index >= 15 is 0 Å². The molecule has 8 heteroatoms. The lowest BCUT2D eigenvalue weighted by molar-refractivity contribution is 0.0756. The van der Waals surface area contributed by atoms with Crippen molar-refractivity contribution in [3.05, 3.63) is 59.9 Å². The fourth-order valence-electron chi connectivity index (χ4n) is 5.23. The monoisotopic (exact) mass is 461 g/mol. The minimum Gasteiger partial charge on any atom is -0.349 e. The maximum Gasteiger partial charge on any atom is 0.253 e. The summed E-state index contributed by atoms with van der Waals surface area (Å²) in [5.41, 5.74) is 8.79. The number of amides is 1. The SMILES string of the molecule is Cl.Cl.NC1CC2CCCC(C1)C2NC(=O)c1cnc2c(cnn2Cc2ccccc2)c1. The third-order valence-electron chi connectivity index (χ3n) is 6.59. The highest BCUT2D eigenvalue weighted by atomic mass is 35.5. The molecular weight excluding hydrogens is 433 g/mol. The molecule has 2 unspecified atom stereocenters. The molecule has 0 aliphatic heterocycles. The second-order valence-electron chi connectivity index (χ2n) is 8.61. The maximum absolute atomic E-state index is 13.0. The van der Waals surface area contributed by atoms with Crippen LogP contribution in [0.3, 0.4) is 0 Å². The third-order valence-corrected chi connectivity index (χ3v) is 6.59. The van der Waals surface area contributed by atoms with Crippen molar-refractivity contribution in [3.63, 3.8) is 0 Å². The number of nitrogens with two attached hydrogens (primary N) is 1. The molecule has 2 saturated carbocycles. The molecule has 2 aromatic heterocycles. The number of nitrogens with zero attached hydrogens (tertiary/aromatic N) is 3. The zero-order chi connectivity index (χ0) is 19.8. The third kappa shape index (κ3) is 4.86. The fraction of sp³-hybridized carbons (Fsp3) is 0.435. The topological polar surface area (TPSA) is 85.8 Å². The zero-order valence-electron chi connectivity index (χ0n) is 17.3. The van der Waals surface area contributed by atoms with Gasteiger partial charge in [0, 0.05) is 23.7 Å². The van der Waals surface area contributed by atoms with Gasteiger partial charge in [-0.05, 0) is 49.1 Å². The van der Waals surface area contributed by atoms with Gasteiger partial charge in [0.1, 0.15) is 0 Å². The van der Waals surface area contributed by atoms with Crippen LogP contribution in [-0.4, -0.2) is 32.8 Å². The van der Waals surface area contributed by atoms with E-state index in [-0.39, 0.29) is 42.8 Å². The van der Waals surface area contributed by atoms with Gasteiger partial charge in [-0.2, -0.15) is 5.10 Å². The summed E-state index contributed by atoms with van der Waals surface area (Å²) in [4.78, 5) is 17.5. The van der Waals surface area contributed by atoms with Crippen molar-refractivity contribution in [2.45, 2.75) is 50.7 Å². The first-order chi connectivity index (χ1) is 14.2. The molecule has 166 valence electrons. The van der Waals surface area contributed by atoms with E-state index in [0.29, 0.717) is 23.9 Å². The highest BCUT2D eigenvalue weighted by Crippen LogP contribution is 2.39. The molecule has 31 heavy (non-hydrogen) atoms. The van der Waals surface area contributed by atoms with Gasteiger partial charge in [0.25, 0.3) is 5.91 Å². The Labute approximate surface area is 194 Å². The number of pyridine rings is 1. The van der Waals surface area contributed by atoms with Gasteiger partial charge in [0.15, 0.2) is 5.65 Å². The second kappa shape index (κ2) is 9.98. The van der Waals surface area contributed by atoms with Gasteiger partial charge < -0.3 is 11.1 Å². The van der Waals surface area contributed by atoms with E-state index in [1.54, 1.807) is 12.4 Å². The molecule has 3 aromatic rings. The molecule has 6 nitrogen and oxygen atoms in total. The molecule has 0 spiro atoms. The lowest BCUT2D eigenvalue weighted by Gasteiger charge is -2.45. The van der Waals surface area contributed by atoms with Crippen molar-refractivity contribution in [3.8, 4) is 0 Å². The number of carbonyl (C=O) groups is 1. The van der Waals surface area contributed by atoms with E-state index in [4.69, 9.17) is 5.73 Å². The summed E-state index contributed by atoms with van der Waals surface area (Å²) < 4.78 is 1.87. The van der Waals surface area contributed by atoms with Crippen LogP contribution in [0.2, 0.25) is 0 Å². The van der Waals surface area contributed by atoms with Crippen LogP contribution in [-0.2, 0) is 6.54 Å². The fourth-order valence-corrected chi connectivity index (χ4v) is 5.23. The number of hydrogen-bond donors (Lipinski definition) is 2. The van der Waals surface area contributed by atoms with Crippen LogP contribution in [0.1, 0.15) is 48.0 Å². The summed E-state index contributed by atoms with van der Waals surface area (Å²) in [6.07, 6.45) is 9.08. The van der Waals surface area contributed by atoms with Gasteiger partial charge in [-0.25, -0.2) is 9.67 Å². The average Bonchev–Trinajstić information content (AvgIpc) is 3.11. The first-order valence-corrected chi connectivity index (χ1v) is 10.6. The van der Waals surface area contributed by atoms with E-state index in [0.717, 1.165) is 23.9 Å². The van der Waals surface area contributed by atoms with Crippen LogP contribution < -0.4 is 11.1 Å². The van der Waals surface area contributed by atoms with Crippen LogP contribution in [0, 0.1) is 11.8 Å². The molecule has 1 aromatic carbocycles. The molecule has 5 rings (SSSR count). The Hall–Kier alpha value is -2.15. The molecular formula is C23H29Cl2N5O. The smallest absolute Gasteiger partial charge is 0.253 e. The number of hydrogen-bond acceptors (Lipinski definition) is 4. The molecule has 1 amide bonds. The molecule has 0 saturated heterocycles. The van der Waals surface area contributed by atoms with E-state index in [9.17, 15) is 4.79 Å². The number of benzene rings is 1. The molecule has 2 aliphatic rings. The second-order valence-corrected chi connectivity index (χ2v) is 8.61. The average molecular weight is 462 g/mol. The normalized spacial score (nSPS) is 24.7. The molecule has 2 heterocycles. The lowest BCUT2D eigenvalue weighted by Crippen LogP contribution is -2.53. The first kappa shape index (κ1) is 23.5. The van der Waals surface area contributed by atoms with E-state index in [2.05, 4.69) is 27.5 Å². The van der Waals surface area contributed by atoms with Crippen LogP contribution >= 0.6 is 24.8 Å². The molecule has 3 N–H and O–H groups in total. The van der Waals surface area contributed by atoms with E-state index in [1.165, 1.54) is 24.8 Å². The number of fused-ring (bicyclic) bond motifs is 3. The zero-order valence-corrected chi connectivity index (χ0v) is 18.9. The predicted molar refractivity (Wildman–Crippen MR) is 127 cm³/mol. The highest BCUT2D eigenvalue weighted by Gasteiger charge is 2.40. The predicted octanol–water partition coefficient (Wildman–Crippen LogP) is 3.96. The number of carbonyl (C=O) groups excluding carboxylic acids is 1. The number of nitrogens with one attached hydrogen (secondary N) is 1. The summed E-state index contributed by atoms with van der Waals surface area (Å²) in [7, 11) is 0.